The van der Waals surface area contributed by atoms with Gasteiger partial charge in [0, 0.05) is 24.7 Å². The minimum absolute atomic E-state index is 0.0510. The molecule has 4 rings (SSSR count). The van der Waals surface area contributed by atoms with E-state index in [1.807, 2.05) is 0 Å². The third-order valence-electron chi connectivity index (χ3n) is 6.62. The Hall–Kier alpha value is -3.61. The number of alkyl carbamates (subject to hydrolysis) is 1. The fourth-order valence-electron chi connectivity index (χ4n) is 5.09. The summed E-state index contributed by atoms with van der Waals surface area (Å²) >= 11 is 0. The quantitative estimate of drug-likeness (QED) is 0.564. The number of likely N-dealkylation sites (tertiary alicyclic amines) is 1. The van der Waals surface area contributed by atoms with Crippen LogP contribution in [0.2, 0.25) is 0 Å². The molecule has 0 aromatic heterocycles. The van der Waals surface area contributed by atoms with Gasteiger partial charge in [0.15, 0.2) is 0 Å². The van der Waals surface area contributed by atoms with Crippen molar-refractivity contribution in [2.75, 3.05) is 11.9 Å². The molecule has 1 aromatic rings. The lowest BCUT2D eigenvalue weighted by atomic mass is 9.80. The molecule has 3 N–H and O–H groups in total. The Balaban J connectivity index is 1.44. The van der Waals surface area contributed by atoms with Gasteiger partial charge in [0.2, 0.25) is 5.91 Å². The minimum atomic E-state index is -1.05. The van der Waals surface area contributed by atoms with E-state index in [0.29, 0.717) is 18.5 Å². The minimum Gasteiger partial charge on any atom is -0.444 e. The van der Waals surface area contributed by atoms with E-state index in [0.717, 1.165) is 12.0 Å². The number of fused-ring (bicyclic) bond motifs is 2. The second-order valence-electron chi connectivity index (χ2n) is 10.1. The highest BCUT2D eigenvalue weighted by atomic mass is 16.6. The molecule has 34 heavy (non-hydrogen) atoms. The summed E-state index contributed by atoms with van der Waals surface area (Å²) < 4.78 is 5.29. The summed E-state index contributed by atoms with van der Waals surface area (Å²) in [5.41, 5.74) is -0.319. The number of benzene rings is 1. The molecule has 1 aliphatic carbocycles. The first-order valence-electron chi connectivity index (χ1n) is 11.5. The first kappa shape index (κ1) is 23.5. The summed E-state index contributed by atoms with van der Waals surface area (Å²) in [4.78, 5) is 52.2. The Labute approximate surface area is 198 Å². The van der Waals surface area contributed by atoms with Crippen LogP contribution in [0.4, 0.5) is 10.5 Å². The highest BCUT2D eigenvalue weighted by molar-refractivity contribution is 6.35. The molecular weight excluding hydrogens is 438 g/mol. The van der Waals surface area contributed by atoms with E-state index in [1.54, 1.807) is 45.0 Å². The molecule has 0 bridgehead atoms. The van der Waals surface area contributed by atoms with Gasteiger partial charge >= 0.3 is 17.9 Å². The van der Waals surface area contributed by atoms with Gasteiger partial charge in [-0.25, -0.2) is 4.79 Å². The molecule has 180 valence electrons. The number of para-hydroxylation sites is 1. The predicted molar refractivity (Wildman–Crippen MR) is 121 cm³/mol. The van der Waals surface area contributed by atoms with E-state index >= 15 is 0 Å². The number of hydrogen-bond acceptors (Lipinski definition) is 6. The van der Waals surface area contributed by atoms with Crippen molar-refractivity contribution in [1.82, 2.24) is 15.5 Å². The van der Waals surface area contributed by atoms with Crippen molar-refractivity contribution >= 4 is 29.5 Å². The smallest absolute Gasteiger partial charge is 0.407 e. The van der Waals surface area contributed by atoms with Crippen LogP contribution in [0.5, 0.6) is 0 Å². The number of nitrogens with zero attached hydrogens (tertiary/aromatic N) is 2. The van der Waals surface area contributed by atoms with Gasteiger partial charge in [-0.1, -0.05) is 18.2 Å². The highest BCUT2D eigenvalue weighted by Crippen LogP contribution is 2.46. The van der Waals surface area contributed by atoms with Crippen LogP contribution in [-0.4, -0.2) is 59.0 Å². The number of ether oxygens (including phenoxy) is 1. The largest absolute Gasteiger partial charge is 0.444 e. The van der Waals surface area contributed by atoms with Crippen molar-refractivity contribution in [1.29, 1.82) is 5.26 Å². The Kier molecular flexibility index (Phi) is 5.98. The number of carbonyl (C=O) groups excluding carboxylic acids is 4. The first-order chi connectivity index (χ1) is 16.0. The van der Waals surface area contributed by atoms with Gasteiger partial charge in [0.25, 0.3) is 0 Å². The van der Waals surface area contributed by atoms with E-state index in [1.165, 1.54) is 4.90 Å². The normalized spacial score (nSPS) is 27.6. The Bertz CT molecular complexity index is 1070. The van der Waals surface area contributed by atoms with Crippen molar-refractivity contribution in [3.63, 3.8) is 0 Å². The molecule has 3 aliphatic rings. The van der Waals surface area contributed by atoms with Crippen molar-refractivity contribution in [3.05, 3.63) is 29.8 Å². The van der Waals surface area contributed by atoms with Crippen molar-refractivity contribution in [2.24, 2.45) is 0 Å². The average Bonchev–Trinajstić information content (AvgIpc) is 3.44. The SMILES string of the molecule is CC(C)(C)OC(=O)N[C@@H]1CCC[C@@H]1NC(=O)C(=O)N1C[C@]2(C[C@H]1C#N)C(=O)Nc1ccccc12. The van der Waals surface area contributed by atoms with E-state index < -0.39 is 41.0 Å². The number of nitrogens with one attached hydrogen (secondary N) is 3. The van der Waals surface area contributed by atoms with Crippen LogP contribution >= 0.6 is 0 Å². The summed E-state index contributed by atoms with van der Waals surface area (Å²) in [7, 11) is 0. The average molecular weight is 468 g/mol. The third-order valence-corrected chi connectivity index (χ3v) is 6.62. The van der Waals surface area contributed by atoms with Crippen molar-refractivity contribution in [2.45, 2.75) is 75.6 Å². The van der Waals surface area contributed by atoms with Crippen molar-refractivity contribution in [3.8, 4) is 6.07 Å². The van der Waals surface area contributed by atoms with Gasteiger partial charge in [-0.05, 0) is 51.7 Å². The second kappa shape index (κ2) is 8.63. The summed E-state index contributed by atoms with van der Waals surface area (Å²) in [6.45, 7) is 5.23. The molecule has 0 unspecified atom stereocenters. The van der Waals surface area contributed by atoms with Crippen LogP contribution in [-0.2, 0) is 24.5 Å². The van der Waals surface area contributed by atoms with Crippen molar-refractivity contribution < 1.29 is 23.9 Å². The zero-order valence-electron chi connectivity index (χ0n) is 19.5. The van der Waals surface area contributed by atoms with Crippen LogP contribution in [0.15, 0.2) is 24.3 Å². The fourth-order valence-corrected chi connectivity index (χ4v) is 5.09. The molecule has 4 atom stereocenters. The van der Waals surface area contributed by atoms with Gasteiger partial charge in [-0.15, -0.1) is 0 Å². The van der Waals surface area contributed by atoms with Gasteiger partial charge in [0.05, 0.1) is 17.5 Å². The van der Waals surface area contributed by atoms with Crippen LogP contribution in [0.1, 0.15) is 52.0 Å². The maximum atomic E-state index is 13.1. The van der Waals surface area contributed by atoms with Crippen LogP contribution in [0.25, 0.3) is 0 Å². The summed E-state index contributed by atoms with van der Waals surface area (Å²) in [5, 5.41) is 18.0. The number of carbonyl (C=O) groups is 4. The van der Waals surface area contributed by atoms with Crippen LogP contribution in [0, 0.1) is 11.3 Å². The molecule has 1 saturated carbocycles. The molecule has 4 amide bonds. The fraction of sp³-hybridized carbons (Fsp3) is 0.542. The molecular formula is C24H29N5O5. The van der Waals surface area contributed by atoms with E-state index in [2.05, 4.69) is 22.0 Å². The summed E-state index contributed by atoms with van der Waals surface area (Å²) in [6, 6.07) is 7.55. The van der Waals surface area contributed by atoms with Gasteiger partial charge in [-0.3, -0.25) is 14.4 Å². The van der Waals surface area contributed by atoms with Crippen LogP contribution in [0.3, 0.4) is 0 Å². The lowest BCUT2D eigenvalue weighted by Gasteiger charge is -2.26. The molecule has 0 radical (unpaired) electrons. The number of rotatable bonds is 2. The first-order valence-corrected chi connectivity index (χ1v) is 11.5. The lowest BCUT2D eigenvalue weighted by molar-refractivity contribution is -0.146. The lowest BCUT2D eigenvalue weighted by Crippen LogP contribution is -2.54. The summed E-state index contributed by atoms with van der Waals surface area (Å²) in [5.74, 6) is -1.99. The molecule has 2 aliphatic heterocycles. The third kappa shape index (κ3) is 4.30. The number of amides is 4. The molecule has 2 fully saturated rings. The maximum Gasteiger partial charge on any atom is 0.407 e. The van der Waals surface area contributed by atoms with E-state index in [-0.39, 0.29) is 24.9 Å². The topological polar surface area (TPSA) is 141 Å². The number of anilines is 1. The molecule has 10 nitrogen and oxygen atoms in total. The Morgan fingerprint density at radius 3 is 2.53 bits per heavy atom. The molecule has 1 aromatic carbocycles. The summed E-state index contributed by atoms with van der Waals surface area (Å²) in [6.07, 6.45) is 1.55. The monoisotopic (exact) mass is 467 g/mol. The van der Waals surface area contributed by atoms with Gasteiger partial charge in [-0.2, -0.15) is 5.26 Å². The van der Waals surface area contributed by atoms with E-state index in [4.69, 9.17) is 4.74 Å². The number of hydrogen-bond donors (Lipinski definition) is 3. The molecule has 2 heterocycles. The number of nitriles is 1. The standard InChI is InChI=1S/C24H29N5O5/c1-23(2,3)34-22(33)28-18-10-6-9-17(18)26-19(30)20(31)29-13-24(11-14(29)12-25)15-7-4-5-8-16(15)27-21(24)32/h4-5,7-8,14,17-18H,6,9-11,13H2,1-3H3,(H,26,30)(H,27,32)(H,28,33)/t14-,17-,18+,24-/m0/s1. The van der Waals surface area contributed by atoms with E-state index in [9.17, 15) is 24.4 Å². The zero-order valence-corrected chi connectivity index (χ0v) is 19.5. The molecule has 10 heteroatoms. The van der Waals surface area contributed by atoms with Gasteiger partial charge in [0.1, 0.15) is 11.6 Å². The zero-order chi connectivity index (χ0) is 24.7. The maximum absolute atomic E-state index is 13.1. The molecule has 1 spiro atoms. The highest BCUT2D eigenvalue weighted by Gasteiger charge is 2.56. The predicted octanol–water partition coefficient (Wildman–Crippen LogP) is 1.56. The van der Waals surface area contributed by atoms with Crippen LogP contribution < -0.4 is 16.0 Å². The Morgan fingerprint density at radius 1 is 1.18 bits per heavy atom. The van der Waals surface area contributed by atoms with Gasteiger partial charge < -0.3 is 25.6 Å². The Morgan fingerprint density at radius 2 is 1.85 bits per heavy atom. The molecule has 1 saturated heterocycles. The second-order valence-corrected chi connectivity index (χ2v) is 10.1.